The van der Waals surface area contributed by atoms with Crippen molar-refractivity contribution in [3.8, 4) is 0 Å². The van der Waals surface area contributed by atoms with Crippen LogP contribution in [0.1, 0.15) is 18.9 Å². The van der Waals surface area contributed by atoms with Gasteiger partial charge < -0.3 is 5.32 Å². The molecule has 0 spiro atoms. The van der Waals surface area contributed by atoms with Gasteiger partial charge in [-0.3, -0.25) is 4.68 Å². The Morgan fingerprint density at radius 3 is 2.94 bits per heavy atom. The molecule has 1 N–H and O–H groups in total. The van der Waals surface area contributed by atoms with Crippen molar-refractivity contribution >= 4 is 37.5 Å². The molecule has 3 nitrogen and oxygen atoms in total. The van der Waals surface area contributed by atoms with E-state index in [1.165, 1.54) is 5.56 Å². The minimum Gasteiger partial charge on any atom is -0.380 e. The summed E-state index contributed by atoms with van der Waals surface area (Å²) in [5.74, 6) is 0. The zero-order chi connectivity index (χ0) is 13.0. The van der Waals surface area contributed by atoms with Crippen LogP contribution in [-0.4, -0.2) is 9.78 Å². The predicted octanol–water partition coefficient (Wildman–Crippen LogP) is 4.43. The fraction of sp³-hybridized carbons (Fsp3) is 0.308. The van der Waals surface area contributed by atoms with Gasteiger partial charge in [0.05, 0.1) is 6.20 Å². The summed E-state index contributed by atoms with van der Waals surface area (Å²) in [7, 11) is 0. The first-order valence-electron chi connectivity index (χ1n) is 5.89. The molecule has 0 aliphatic carbocycles. The van der Waals surface area contributed by atoms with E-state index >= 15 is 0 Å². The Kier molecular flexibility index (Phi) is 4.83. The second kappa shape index (κ2) is 6.38. The third-order valence-electron chi connectivity index (χ3n) is 2.55. The van der Waals surface area contributed by atoms with E-state index in [4.69, 9.17) is 0 Å². The smallest absolute Gasteiger partial charge is 0.0539 e. The Balaban J connectivity index is 1.99. The lowest BCUT2D eigenvalue weighted by molar-refractivity contribution is 0.602. The van der Waals surface area contributed by atoms with Gasteiger partial charge in [-0.05, 0) is 40.5 Å². The summed E-state index contributed by atoms with van der Waals surface area (Å²) in [6.07, 6.45) is 5.10. The molecule has 0 aliphatic heterocycles. The second-order valence-corrected chi connectivity index (χ2v) is 5.86. The number of benzene rings is 1. The molecule has 2 aromatic rings. The van der Waals surface area contributed by atoms with Crippen molar-refractivity contribution in [3.05, 3.63) is 45.1 Å². The lowest BCUT2D eigenvalue weighted by atomic mass is 10.3. The Morgan fingerprint density at radius 2 is 2.17 bits per heavy atom. The van der Waals surface area contributed by atoms with Gasteiger partial charge in [0.1, 0.15) is 0 Å². The van der Waals surface area contributed by atoms with E-state index in [1.807, 2.05) is 23.0 Å². The van der Waals surface area contributed by atoms with Crippen LogP contribution in [0, 0.1) is 0 Å². The summed E-state index contributed by atoms with van der Waals surface area (Å²) < 4.78 is 4.11. The van der Waals surface area contributed by atoms with Gasteiger partial charge in [-0.25, -0.2) is 0 Å². The maximum atomic E-state index is 4.31. The van der Waals surface area contributed by atoms with Crippen LogP contribution in [0.4, 0.5) is 5.69 Å². The van der Waals surface area contributed by atoms with E-state index in [2.05, 4.69) is 61.5 Å². The molecule has 2 rings (SSSR count). The van der Waals surface area contributed by atoms with Gasteiger partial charge in [0.2, 0.25) is 0 Å². The first-order valence-corrected chi connectivity index (χ1v) is 7.48. The number of rotatable bonds is 5. The zero-order valence-electron chi connectivity index (χ0n) is 10.2. The minimum atomic E-state index is 0.777. The summed E-state index contributed by atoms with van der Waals surface area (Å²) in [5.41, 5.74) is 2.27. The molecule has 1 aromatic carbocycles. The fourth-order valence-corrected chi connectivity index (χ4v) is 2.43. The maximum Gasteiger partial charge on any atom is 0.0539 e. The Labute approximate surface area is 124 Å². The lowest BCUT2D eigenvalue weighted by Gasteiger charge is -2.07. The van der Waals surface area contributed by atoms with Crippen LogP contribution in [0.3, 0.4) is 0 Å². The summed E-state index contributed by atoms with van der Waals surface area (Å²) >= 11 is 7.00. The highest BCUT2D eigenvalue weighted by atomic mass is 79.9. The number of nitrogens with zero attached hydrogens (tertiary/aromatic N) is 2. The SMILES string of the molecule is CCCn1cc(CNc2cc(Br)ccc2Br)cn1. The third kappa shape index (κ3) is 3.59. The quantitative estimate of drug-likeness (QED) is 0.841. The van der Waals surface area contributed by atoms with Crippen molar-refractivity contribution in [1.29, 1.82) is 0 Å². The Bertz CT molecular complexity index is 523. The fourth-order valence-electron chi connectivity index (χ4n) is 1.68. The molecule has 5 heteroatoms. The van der Waals surface area contributed by atoms with Crippen LogP contribution in [0.25, 0.3) is 0 Å². The average Bonchev–Trinajstić information content (AvgIpc) is 2.79. The van der Waals surface area contributed by atoms with Crippen LogP contribution < -0.4 is 5.32 Å². The van der Waals surface area contributed by atoms with E-state index in [-0.39, 0.29) is 0 Å². The van der Waals surface area contributed by atoms with Crippen LogP contribution >= 0.6 is 31.9 Å². The van der Waals surface area contributed by atoms with Crippen molar-refractivity contribution in [2.45, 2.75) is 26.4 Å². The van der Waals surface area contributed by atoms with Crippen molar-refractivity contribution in [3.63, 3.8) is 0 Å². The van der Waals surface area contributed by atoms with E-state index in [0.29, 0.717) is 0 Å². The predicted molar refractivity (Wildman–Crippen MR) is 81.7 cm³/mol. The highest BCUT2D eigenvalue weighted by Gasteiger charge is 2.02. The zero-order valence-corrected chi connectivity index (χ0v) is 13.3. The second-order valence-electron chi connectivity index (χ2n) is 4.09. The number of halogens is 2. The highest BCUT2D eigenvalue weighted by molar-refractivity contribution is 9.11. The third-order valence-corrected chi connectivity index (χ3v) is 3.74. The maximum absolute atomic E-state index is 4.31. The van der Waals surface area contributed by atoms with Gasteiger partial charge in [-0.1, -0.05) is 22.9 Å². The first-order chi connectivity index (χ1) is 8.69. The monoisotopic (exact) mass is 371 g/mol. The molecule has 18 heavy (non-hydrogen) atoms. The van der Waals surface area contributed by atoms with Gasteiger partial charge in [0, 0.05) is 39.5 Å². The summed E-state index contributed by atoms with van der Waals surface area (Å²) in [4.78, 5) is 0. The number of nitrogens with one attached hydrogen (secondary N) is 1. The largest absolute Gasteiger partial charge is 0.380 e. The summed E-state index contributed by atoms with van der Waals surface area (Å²) in [6.45, 7) is 3.90. The molecule has 0 bridgehead atoms. The molecule has 0 amide bonds. The molecule has 0 atom stereocenters. The number of hydrogen-bond acceptors (Lipinski definition) is 2. The van der Waals surface area contributed by atoms with Crippen LogP contribution in [-0.2, 0) is 13.1 Å². The normalized spacial score (nSPS) is 10.6. The van der Waals surface area contributed by atoms with Crippen LogP contribution in [0.5, 0.6) is 0 Å². The van der Waals surface area contributed by atoms with Gasteiger partial charge >= 0.3 is 0 Å². The number of anilines is 1. The molecule has 0 saturated heterocycles. The van der Waals surface area contributed by atoms with E-state index in [9.17, 15) is 0 Å². The molecule has 1 heterocycles. The van der Waals surface area contributed by atoms with E-state index in [0.717, 1.165) is 34.1 Å². The average molecular weight is 373 g/mol. The van der Waals surface area contributed by atoms with Gasteiger partial charge in [0.15, 0.2) is 0 Å². The summed E-state index contributed by atoms with van der Waals surface area (Å²) in [5, 5.41) is 7.71. The molecular formula is C13H15Br2N3. The van der Waals surface area contributed by atoms with Crippen molar-refractivity contribution in [2.24, 2.45) is 0 Å². The van der Waals surface area contributed by atoms with Crippen molar-refractivity contribution in [1.82, 2.24) is 9.78 Å². The molecule has 0 fully saturated rings. The lowest BCUT2D eigenvalue weighted by Crippen LogP contribution is -2.00. The van der Waals surface area contributed by atoms with Gasteiger partial charge in [0.25, 0.3) is 0 Å². The molecular weight excluding hydrogens is 358 g/mol. The minimum absolute atomic E-state index is 0.777. The molecule has 0 saturated carbocycles. The van der Waals surface area contributed by atoms with Gasteiger partial charge in [-0.2, -0.15) is 5.10 Å². The van der Waals surface area contributed by atoms with Crippen molar-refractivity contribution in [2.75, 3.05) is 5.32 Å². The summed E-state index contributed by atoms with van der Waals surface area (Å²) in [6, 6.07) is 6.09. The number of aromatic nitrogens is 2. The molecule has 0 radical (unpaired) electrons. The highest BCUT2D eigenvalue weighted by Crippen LogP contribution is 2.26. The molecule has 1 aromatic heterocycles. The molecule has 96 valence electrons. The first kappa shape index (κ1) is 13.6. The van der Waals surface area contributed by atoms with E-state index in [1.54, 1.807) is 0 Å². The van der Waals surface area contributed by atoms with Gasteiger partial charge in [-0.15, -0.1) is 0 Å². The van der Waals surface area contributed by atoms with E-state index < -0.39 is 0 Å². The standard InChI is InChI=1S/C13H15Br2N3/c1-2-5-18-9-10(8-17-18)7-16-13-6-11(14)3-4-12(13)15/h3-4,6,8-9,16H,2,5,7H2,1H3. The Hall–Kier alpha value is -0.810. The molecule has 0 aliphatic rings. The van der Waals surface area contributed by atoms with Crippen molar-refractivity contribution < 1.29 is 0 Å². The van der Waals surface area contributed by atoms with Crippen LogP contribution in [0.15, 0.2) is 39.5 Å². The van der Waals surface area contributed by atoms with Crippen LogP contribution in [0.2, 0.25) is 0 Å². The number of aryl methyl sites for hydroxylation is 1. The Morgan fingerprint density at radius 1 is 1.33 bits per heavy atom. The number of hydrogen-bond donors (Lipinski definition) is 1. The molecule has 0 unspecified atom stereocenters. The topological polar surface area (TPSA) is 29.9 Å².